The Morgan fingerprint density at radius 1 is 1.50 bits per heavy atom. The quantitative estimate of drug-likeness (QED) is 0.296. The summed E-state index contributed by atoms with van der Waals surface area (Å²) in [6, 6.07) is 0. The second kappa shape index (κ2) is 6.51. The molecule has 0 aromatic carbocycles. The molecule has 64 valence electrons. The maximum atomic E-state index is 8.84. The van der Waals surface area contributed by atoms with E-state index in [1.165, 1.54) is 0 Å². The van der Waals surface area contributed by atoms with Gasteiger partial charge >= 0.3 is 29.6 Å². The standard InChI is InChI=1S/C7H13NOS2.Na/c9-5-6-1-3-8(4-2-6)7(10)11;/h6,9H,1-5H2,(H,10,11);/q;+1/p-1. The van der Waals surface area contributed by atoms with E-state index in [0.29, 0.717) is 16.8 Å². The molecule has 1 fully saturated rings. The van der Waals surface area contributed by atoms with Gasteiger partial charge in [-0.15, -0.1) is 0 Å². The van der Waals surface area contributed by atoms with Gasteiger partial charge in [-0.05, 0) is 18.8 Å². The predicted octanol–water partition coefficient (Wildman–Crippen LogP) is -2.47. The molecule has 1 N–H and O–H groups in total. The van der Waals surface area contributed by atoms with Gasteiger partial charge in [0.25, 0.3) is 0 Å². The van der Waals surface area contributed by atoms with Crippen molar-refractivity contribution in [1.29, 1.82) is 0 Å². The van der Waals surface area contributed by atoms with Crippen LogP contribution in [0.25, 0.3) is 0 Å². The average Bonchev–Trinajstić information content (AvgIpc) is 2.05. The van der Waals surface area contributed by atoms with Gasteiger partial charge in [0.05, 0.1) is 0 Å². The molecule has 1 rings (SSSR count). The number of thiocarbonyl (C=S) groups is 1. The fourth-order valence-corrected chi connectivity index (χ4v) is 1.66. The summed E-state index contributed by atoms with van der Waals surface area (Å²) in [5.74, 6) is 0.468. The monoisotopic (exact) mass is 213 g/mol. The first-order valence-corrected chi connectivity index (χ1v) is 4.62. The molecule has 1 aliphatic rings. The van der Waals surface area contributed by atoms with Crippen molar-refractivity contribution in [3.8, 4) is 0 Å². The van der Waals surface area contributed by atoms with Crippen LogP contribution in [0.2, 0.25) is 0 Å². The fraction of sp³-hybridized carbons (Fsp3) is 0.857. The molecular weight excluding hydrogens is 201 g/mol. The minimum Gasteiger partial charge on any atom is -0.411 e. The zero-order valence-corrected chi connectivity index (χ0v) is 11.0. The molecule has 0 amide bonds. The summed E-state index contributed by atoms with van der Waals surface area (Å²) in [7, 11) is 0. The van der Waals surface area contributed by atoms with E-state index < -0.39 is 0 Å². The molecule has 2 nitrogen and oxygen atoms in total. The number of piperidine rings is 1. The maximum Gasteiger partial charge on any atom is 1.00 e. The summed E-state index contributed by atoms with van der Waals surface area (Å²) in [4.78, 5) is 2.02. The van der Waals surface area contributed by atoms with Crippen LogP contribution in [-0.2, 0) is 12.6 Å². The second-order valence-corrected chi connectivity index (χ2v) is 3.91. The molecule has 0 unspecified atom stereocenters. The number of likely N-dealkylation sites (tertiary alicyclic amines) is 1. The molecule has 0 atom stereocenters. The minimum absolute atomic E-state index is 0. The first kappa shape index (κ1) is 13.1. The third-order valence-electron chi connectivity index (χ3n) is 2.13. The Balaban J connectivity index is 0.00000121. The second-order valence-electron chi connectivity index (χ2n) is 2.88. The van der Waals surface area contributed by atoms with E-state index in [4.69, 9.17) is 30.0 Å². The molecule has 5 heteroatoms. The van der Waals surface area contributed by atoms with Crippen molar-refractivity contribution in [3.63, 3.8) is 0 Å². The summed E-state index contributed by atoms with van der Waals surface area (Å²) >= 11 is 9.74. The van der Waals surface area contributed by atoms with E-state index in [0.717, 1.165) is 25.9 Å². The third-order valence-corrected chi connectivity index (χ3v) is 2.65. The Morgan fingerprint density at radius 2 is 2.00 bits per heavy atom. The summed E-state index contributed by atoms with van der Waals surface area (Å²) in [5, 5.41) is 8.84. The molecule has 0 aliphatic carbocycles. The van der Waals surface area contributed by atoms with Crippen LogP contribution in [0, 0.1) is 5.92 Å². The van der Waals surface area contributed by atoms with Crippen molar-refractivity contribution >= 4 is 29.2 Å². The van der Waals surface area contributed by atoms with Gasteiger partial charge in [0.15, 0.2) is 0 Å². The molecule has 12 heavy (non-hydrogen) atoms. The topological polar surface area (TPSA) is 23.5 Å². The molecule has 0 aromatic rings. The van der Waals surface area contributed by atoms with Gasteiger partial charge in [-0.1, -0.05) is 4.32 Å². The maximum absolute atomic E-state index is 8.84. The van der Waals surface area contributed by atoms with Crippen molar-refractivity contribution in [1.82, 2.24) is 4.90 Å². The summed E-state index contributed by atoms with van der Waals surface area (Å²) < 4.78 is 0.571. The van der Waals surface area contributed by atoms with Gasteiger partial charge in [0, 0.05) is 19.7 Å². The Kier molecular flexibility index (Phi) is 7.09. The molecule has 1 aliphatic heterocycles. The Morgan fingerprint density at radius 3 is 2.33 bits per heavy atom. The Labute approximate surface area is 106 Å². The van der Waals surface area contributed by atoms with E-state index in [1.807, 2.05) is 4.90 Å². The first-order chi connectivity index (χ1) is 5.24. The predicted molar refractivity (Wildman–Crippen MR) is 51.3 cm³/mol. The van der Waals surface area contributed by atoms with Crippen LogP contribution in [0.5, 0.6) is 0 Å². The number of nitrogens with zero attached hydrogens (tertiary/aromatic N) is 1. The summed E-state index contributed by atoms with van der Waals surface area (Å²) in [6.07, 6.45) is 2.04. The normalized spacial score (nSPS) is 18.6. The molecular formula is C7H12NNaOS2. The van der Waals surface area contributed by atoms with Gasteiger partial charge in [-0.2, -0.15) is 0 Å². The van der Waals surface area contributed by atoms with Gasteiger partial charge in [0.2, 0.25) is 0 Å². The van der Waals surface area contributed by atoms with Crippen LogP contribution >= 0.6 is 12.2 Å². The zero-order chi connectivity index (χ0) is 8.27. The van der Waals surface area contributed by atoms with Gasteiger partial charge in [-0.25, -0.2) is 0 Å². The van der Waals surface area contributed by atoms with Crippen LogP contribution in [0.15, 0.2) is 0 Å². The van der Waals surface area contributed by atoms with Crippen LogP contribution in [0.4, 0.5) is 0 Å². The molecule has 0 aromatic heterocycles. The molecule has 1 heterocycles. The number of rotatable bonds is 1. The van der Waals surface area contributed by atoms with E-state index in [-0.39, 0.29) is 29.6 Å². The molecule has 0 spiro atoms. The fourth-order valence-electron chi connectivity index (χ4n) is 1.30. The zero-order valence-electron chi connectivity index (χ0n) is 7.32. The SMILES string of the molecule is OCC1CCN(C(=S)[S-])CC1.[Na+]. The van der Waals surface area contributed by atoms with Gasteiger partial charge < -0.3 is 34.9 Å². The molecule has 0 radical (unpaired) electrons. The van der Waals surface area contributed by atoms with Crippen LogP contribution in [0.3, 0.4) is 0 Å². The molecule has 0 saturated carbocycles. The van der Waals surface area contributed by atoms with E-state index >= 15 is 0 Å². The van der Waals surface area contributed by atoms with Crippen molar-refractivity contribution in [2.45, 2.75) is 12.8 Å². The summed E-state index contributed by atoms with van der Waals surface area (Å²) in [5.41, 5.74) is 0. The number of aliphatic hydroxyl groups excluding tert-OH is 1. The first-order valence-electron chi connectivity index (χ1n) is 3.81. The van der Waals surface area contributed by atoms with Gasteiger partial charge in [0.1, 0.15) is 0 Å². The van der Waals surface area contributed by atoms with Gasteiger partial charge in [-0.3, -0.25) is 0 Å². The van der Waals surface area contributed by atoms with Crippen molar-refractivity contribution in [2.24, 2.45) is 5.92 Å². The number of hydrogen-bond donors (Lipinski definition) is 1. The molecule has 1 saturated heterocycles. The van der Waals surface area contributed by atoms with Crippen molar-refractivity contribution in [2.75, 3.05) is 19.7 Å². The number of hydrogen-bond acceptors (Lipinski definition) is 3. The Hall–Kier alpha value is 1.07. The largest absolute Gasteiger partial charge is 1.00 e. The van der Waals surface area contributed by atoms with Crippen LogP contribution < -0.4 is 29.6 Å². The Bertz CT molecular complexity index is 148. The number of aliphatic hydroxyl groups is 1. The smallest absolute Gasteiger partial charge is 0.411 e. The van der Waals surface area contributed by atoms with Crippen LogP contribution in [-0.4, -0.2) is 34.0 Å². The van der Waals surface area contributed by atoms with E-state index in [9.17, 15) is 0 Å². The third kappa shape index (κ3) is 3.85. The van der Waals surface area contributed by atoms with E-state index in [1.54, 1.807) is 0 Å². The van der Waals surface area contributed by atoms with Crippen LogP contribution in [0.1, 0.15) is 12.8 Å². The van der Waals surface area contributed by atoms with E-state index in [2.05, 4.69) is 0 Å². The van der Waals surface area contributed by atoms with Crippen molar-refractivity contribution in [3.05, 3.63) is 0 Å². The minimum atomic E-state index is 0. The van der Waals surface area contributed by atoms with Crippen molar-refractivity contribution < 1.29 is 34.7 Å². The average molecular weight is 213 g/mol. The molecule has 0 bridgehead atoms. The summed E-state index contributed by atoms with van der Waals surface area (Å²) in [6.45, 7) is 2.15.